The van der Waals surface area contributed by atoms with Crippen LogP contribution in [0.3, 0.4) is 0 Å². The first kappa shape index (κ1) is 17.5. The number of rotatable bonds is 3. The maximum atomic E-state index is 13.4. The van der Waals surface area contributed by atoms with E-state index >= 15 is 0 Å². The summed E-state index contributed by atoms with van der Waals surface area (Å²) in [6.07, 6.45) is 0. The number of amides is 1. The molecule has 0 saturated heterocycles. The number of aromatic nitrogens is 3. The van der Waals surface area contributed by atoms with Crippen molar-refractivity contribution in [2.75, 3.05) is 10.7 Å². The Labute approximate surface area is 160 Å². The number of carbonyl (C=O) groups is 1. The molecule has 27 heavy (non-hydrogen) atoms. The van der Waals surface area contributed by atoms with E-state index < -0.39 is 5.25 Å². The van der Waals surface area contributed by atoms with E-state index in [0.29, 0.717) is 11.0 Å². The minimum atomic E-state index is -0.494. The molecule has 4 rings (SSSR count). The van der Waals surface area contributed by atoms with Crippen LogP contribution in [0.4, 0.5) is 10.1 Å². The van der Waals surface area contributed by atoms with Gasteiger partial charge in [0.2, 0.25) is 11.1 Å². The third kappa shape index (κ3) is 3.40. The summed E-state index contributed by atoms with van der Waals surface area (Å²) < 4.78 is 15.1. The number of benzene rings is 2. The molecule has 0 fully saturated rings. The first-order valence-electron chi connectivity index (χ1n) is 8.50. The second kappa shape index (κ2) is 7.03. The van der Waals surface area contributed by atoms with Crippen LogP contribution in [0, 0.1) is 19.7 Å². The van der Waals surface area contributed by atoms with Gasteiger partial charge in [0.25, 0.3) is 0 Å². The largest absolute Gasteiger partial charge is 0.325 e. The van der Waals surface area contributed by atoms with Gasteiger partial charge in [-0.3, -0.25) is 4.79 Å². The first-order chi connectivity index (χ1) is 13.0. The average molecular weight is 383 g/mol. The van der Waals surface area contributed by atoms with E-state index in [4.69, 9.17) is 0 Å². The van der Waals surface area contributed by atoms with Crippen molar-refractivity contribution in [3.63, 3.8) is 0 Å². The molecule has 138 valence electrons. The fraction of sp³-hybridized carbons (Fsp3) is 0.211. The number of anilines is 1. The molecule has 0 aliphatic carbocycles. The molecule has 1 aliphatic heterocycles. The Morgan fingerprint density at radius 3 is 2.63 bits per heavy atom. The molecule has 1 amide bonds. The lowest BCUT2D eigenvalue weighted by Crippen LogP contribution is -2.41. The van der Waals surface area contributed by atoms with Gasteiger partial charge >= 0.3 is 0 Å². The molecular formula is C19H18FN5OS. The topological polar surface area (TPSA) is 71.8 Å². The van der Waals surface area contributed by atoms with Crippen molar-refractivity contribution in [1.29, 1.82) is 0 Å². The van der Waals surface area contributed by atoms with Gasteiger partial charge in [0.15, 0.2) is 0 Å². The number of halogens is 1. The highest BCUT2D eigenvalue weighted by Crippen LogP contribution is 2.37. The number of carbonyl (C=O) groups excluding carboxylic acids is 1. The van der Waals surface area contributed by atoms with Crippen LogP contribution in [0.15, 0.2) is 53.7 Å². The summed E-state index contributed by atoms with van der Waals surface area (Å²) in [4.78, 5) is 13.1. The van der Waals surface area contributed by atoms with Gasteiger partial charge in [-0.05, 0) is 43.2 Å². The molecule has 2 aromatic carbocycles. The Balaban J connectivity index is 1.68. The number of hydrogen-bond acceptors (Lipinski definition) is 5. The van der Waals surface area contributed by atoms with E-state index in [1.807, 2.05) is 38.1 Å². The molecule has 2 N–H and O–H groups in total. The third-order valence-electron chi connectivity index (χ3n) is 4.49. The number of hydrogen-bond donors (Lipinski definition) is 2. The molecule has 0 radical (unpaired) electrons. The van der Waals surface area contributed by atoms with E-state index in [1.165, 1.54) is 23.9 Å². The Morgan fingerprint density at radius 2 is 1.89 bits per heavy atom. The third-order valence-corrected chi connectivity index (χ3v) is 5.70. The number of para-hydroxylation sites is 1. The monoisotopic (exact) mass is 383 g/mol. The molecule has 1 aliphatic rings. The number of fused-ring (bicyclic) bond motifs is 1. The zero-order chi connectivity index (χ0) is 19.0. The van der Waals surface area contributed by atoms with Crippen LogP contribution >= 0.6 is 11.8 Å². The van der Waals surface area contributed by atoms with Gasteiger partial charge in [-0.25, -0.2) is 9.07 Å². The zero-order valence-corrected chi connectivity index (χ0v) is 15.6. The summed E-state index contributed by atoms with van der Waals surface area (Å²) in [5.41, 5.74) is 5.86. The second-order valence-electron chi connectivity index (χ2n) is 6.37. The van der Waals surface area contributed by atoms with Crippen molar-refractivity contribution in [2.45, 2.75) is 30.3 Å². The zero-order valence-electron chi connectivity index (χ0n) is 14.8. The highest BCUT2D eigenvalue weighted by molar-refractivity contribution is 8.00. The minimum Gasteiger partial charge on any atom is -0.325 e. The molecular weight excluding hydrogens is 365 g/mol. The number of aryl methyl sites for hydroxylation is 2. The lowest BCUT2D eigenvalue weighted by Gasteiger charge is -2.32. The summed E-state index contributed by atoms with van der Waals surface area (Å²) in [6, 6.07) is 13.4. The van der Waals surface area contributed by atoms with Crippen LogP contribution in [0.2, 0.25) is 0 Å². The van der Waals surface area contributed by atoms with Crippen molar-refractivity contribution in [3.8, 4) is 0 Å². The van der Waals surface area contributed by atoms with Crippen molar-refractivity contribution < 1.29 is 9.18 Å². The molecule has 2 heterocycles. The lowest BCUT2D eigenvalue weighted by atomic mass is 10.0. The van der Waals surface area contributed by atoms with E-state index in [2.05, 4.69) is 20.9 Å². The normalized spacial score (nSPS) is 18.5. The van der Waals surface area contributed by atoms with Gasteiger partial charge in [-0.2, -0.15) is 0 Å². The number of thioether (sulfide) groups is 1. The molecule has 0 spiro atoms. The van der Waals surface area contributed by atoms with Crippen molar-refractivity contribution in [2.24, 2.45) is 0 Å². The summed E-state index contributed by atoms with van der Waals surface area (Å²) >= 11 is 1.34. The van der Waals surface area contributed by atoms with Crippen LogP contribution in [0.5, 0.6) is 0 Å². The summed E-state index contributed by atoms with van der Waals surface area (Å²) in [5, 5.41) is 11.3. The van der Waals surface area contributed by atoms with E-state index in [0.717, 1.165) is 16.8 Å². The number of nitrogens with zero attached hydrogens (tertiary/aromatic N) is 3. The first-order valence-corrected chi connectivity index (χ1v) is 9.38. The molecule has 3 aromatic rings. The SMILES string of the molecule is Cc1ccccc1NC(=O)[C@@H]1Sc2nnc(C)n2N[C@@H]1c1ccc(F)cc1. The molecule has 0 bridgehead atoms. The Hall–Kier alpha value is -2.87. The molecule has 8 heteroatoms. The van der Waals surface area contributed by atoms with Gasteiger partial charge in [0.1, 0.15) is 16.9 Å². The van der Waals surface area contributed by atoms with E-state index in [-0.39, 0.29) is 17.8 Å². The quantitative estimate of drug-likeness (QED) is 0.725. The fourth-order valence-electron chi connectivity index (χ4n) is 3.00. The Bertz CT molecular complexity index is 988. The highest BCUT2D eigenvalue weighted by atomic mass is 32.2. The van der Waals surface area contributed by atoms with Gasteiger partial charge < -0.3 is 10.7 Å². The molecule has 1 aromatic heterocycles. The van der Waals surface area contributed by atoms with Crippen LogP contribution in [0.1, 0.15) is 23.0 Å². The maximum absolute atomic E-state index is 13.4. The lowest BCUT2D eigenvalue weighted by molar-refractivity contribution is -0.116. The maximum Gasteiger partial charge on any atom is 0.240 e. The smallest absolute Gasteiger partial charge is 0.240 e. The molecule has 6 nitrogen and oxygen atoms in total. The van der Waals surface area contributed by atoms with Crippen LogP contribution < -0.4 is 10.7 Å². The van der Waals surface area contributed by atoms with E-state index in [1.54, 1.807) is 16.8 Å². The predicted molar refractivity (Wildman–Crippen MR) is 103 cm³/mol. The van der Waals surface area contributed by atoms with Crippen LogP contribution in [-0.4, -0.2) is 26.0 Å². The van der Waals surface area contributed by atoms with Gasteiger partial charge in [0, 0.05) is 5.69 Å². The Morgan fingerprint density at radius 1 is 1.15 bits per heavy atom. The van der Waals surface area contributed by atoms with Gasteiger partial charge in [-0.15, -0.1) is 10.2 Å². The fourth-order valence-corrected chi connectivity index (χ4v) is 4.12. The standard InChI is InChI=1S/C19H18FN5OS/c1-11-5-3-4-6-15(11)21-18(26)17-16(13-7-9-14(20)10-8-13)24-25-12(2)22-23-19(25)27-17/h3-10,16-17,24H,1-2H3,(H,21,26)/t16-,17-/m1/s1. The molecule has 0 unspecified atom stereocenters. The summed E-state index contributed by atoms with van der Waals surface area (Å²) in [7, 11) is 0. The van der Waals surface area contributed by atoms with Crippen LogP contribution in [0.25, 0.3) is 0 Å². The highest BCUT2D eigenvalue weighted by Gasteiger charge is 2.37. The average Bonchev–Trinajstić information content (AvgIpc) is 3.03. The minimum absolute atomic E-state index is 0.150. The van der Waals surface area contributed by atoms with Crippen LogP contribution in [-0.2, 0) is 4.79 Å². The molecule has 2 atom stereocenters. The summed E-state index contributed by atoms with van der Waals surface area (Å²) in [6.45, 7) is 3.78. The van der Waals surface area contributed by atoms with E-state index in [9.17, 15) is 9.18 Å². The predicted octanol–water partition coefficient (Wildman–Crippen LogP) is 3.43. The summed E-state index contributed by atoms with van der Waals surface area (Å²) in [5.74, 6) is 0.231. The van der Waals surface area contributed by atoms with Gasteiger partial charge in [-0.1, -0.05) is 42.1 Å². The van der Waals surface area contributed by atoms with Gasteiger partial charge in [0.05, 0.1) is 6.04 Å². The second-order valence-corrected chi connectivity index (χ2v) is 7.47. The Kier molecular flexibility index (Phi) is 4.57. The number of nitrogens with one attached hydrogen (secondary N) is 2. The molecule has 0 saturated carbocycles. The van der Waals surface area contributed by atoms with Crippen molar-refractivity contribution >= 4 is 23.4 Å². The van der Waals surface area contributed by atoms with Crippen molar-refractivity contribution in [1.82, 2.24) is 14.9 Å². The van der Waals surface area contributed by atoms with Crippen molar-refractivity contribution in [3.05, 3.63) is 71.3 Å².